The summed E-state index contributed by atoms with van der Waals surface area (Å²) in [5, 5.41) is 3.80. The Balaban J connectivity index is 2.26. The standard InChI is InChI=1S/C20H18N2/c1-4-8-16-13(5-2)15-11-12(3)18-14-9-6-7-10-17(14)22-20(18)19(15)21-16/h4-11,21-22H,2H2,1,3H3/b8-4-. The van der Waals surface area contributed by atoms with Gasteiger partial charge in [0, 0.05) is 32.9 Å². The highest BCUT2D eigenvalue weighted by molar-refractivity contribution is 6.19. The van der Waals surface area contributed by atoms with Crippen molar-refractivity contribution in [3.8, 4) is 0 Å². The fourth-order valence-electron chi connectivity index (χ4n) is 3.44. The predicted octanol–water partition coefficient (Wildman–Crippen LogP) is 5.79. The van der Waals surface area contributed by atoms with Crippen molar-refractivity contribution in [1.82, 2.24) is 9.97 Å². The maximum atomic E-state index is 3.98. The van der Waals surface area contributed by atoms with Crippen molar-refractivity contribution >= 4 is 44.9 Å². The molecular weight excluding hydrogens is 268 g/mol. The lowest BCUT2D eigenvalue weighted by Gasteiger charge is -2.00. The molecule has 0 saturated carbocycles. The van der Waals surface area contributed by atoms with Gasteiger partial charge in [0.1, 0.15) is 0 Å². The second kappa shape index (κ2) is 4.63. The largest absolute Gasteiger partial charge is 0.353 e. The van der Waals surface area contributed by atoms with E-state index in [1.807, 2.05) is 19.1 Å². The first kappa shape index (κ1) is 13.0. The molecule has 0 radical (unpaired) electrons. The van der Waals surface area contributed by atoms with Crippen LogP contribution in [0, 0.1) is 6.92 Å². The smallest absolute Gasteiger partial charge is 0.0713 e. The van der Waals surface area contributed by atoms with Gasteiger partial charge in [-0.15, -0.1) is 0 Å². The lowest BCUT2D eigenvalue weighted by atomic mass is 10.0. The van der Waals surface area contributed by atoms with Gasteiger partial charge in [-0.3, -0.25) is 0 Å². The summed E-state index contributed by atoms with van der Waals surface area (Å²) in [6, 6.07) is 10.7. The summed E-state index contributed by atoms with van der Waals surface area (Å²) in [6.07, 6.45) is 6.08. The van der Waals surface area contributed by atoms with Gasteiger partial charge in [-0.05, 0) is 37.6 Å². The minimum Gasteiger partial charge on any atom is -0.353 e. The van der Waals surface area contributed by atoms with Crippen LogP contribution in [-0.2, 0) is 0 Å². The SMILES string of the molecule is C=Cc1c(/C=C\C)[nH]c2c1cc(C)c1c3ccccc3[nH]c21. The van der Waals surface area contributed by atoms with Crippen molar-refractivity contribution in [3.63, 3.8) is 0 Å². The molecule has 0 aliphatic rings. The number of rotatable bonds is 2. The molecule has 0 amide bonds. The number of H-pyrrole nitrogens is 2. The third-order valence-electron chi connectivity index (χ3n) is 4.36. The summed E-state index contributed by atoms with van der Waals surface area (Å²) >= 11 is 0. The summed E-state index contributed by atoms with van der Waals surface area (Å²) in [5.41, 5.74) is 7.06. The molecule has 0 fully saturated rings. The van der Waals surface area contributed by atoms with Crippen molar-refractivity contribution in [3.05, 3.63) is 59.8 Å². The van der Waals surface area contributed by atoms with Crippen LogP contribution in [-0.4, -0.2) is 9.97 Å². The van der Waals surface area contributed by atoms with Gasteiger partial charge in [-0.1, -0.05) is 36.9 Å². The molecule has 0 aliphatic heterocycles. The van der Waals surface area contributed by atoms with Crippen molar-refractivity contribution < 1.29 is 0 Å². The van der Waals surface area contributed by atoms with Crippen LogP contribution in [0.3, 0.4) is 0 Å². The van der Waals surface area contributed by atoms with E-state index in [2.05, 4.69) is 59.9 Å². The second-order valence-corrected chi connectivity index (χ2v) is 5.69. The fraction of sp³-hybridized carbons (Fsp3) is 0.100. The molecule has 22 heavy (non-hydrogen) atoms. The fourth-order valence-corrected chi connectivity index (χ4v) is 3.44. The molecule has 0 atom stereocenters. The van der Waals surface area contributed by atoms with E-state index in [-0.39, 0.29) is 0 Å². The van der Waals surface area contributed by atoms with Crippen LogP contribution in [0.25, 0.3) is 44.9 Å². The number of aromatic nitrogens is 2. The maximum absolute atomic E-state index is 3.98. The monoisotopic (exact) mass is 286 g/mol. The number of aryl methyl sites for hydroxylation is 1. The Kier molecular flexibility index (Phi) is 2.73. The van der Waals surface area contributed by atoms with Gasteiger partial charge >= 0.3 is 0 Å². The minimum atomic E-state index is 1.11. The first-order chi connectivity index (χ1) is 10.7. The summed E-state index contributed by atoms with van der Waals surface area (Å²) < 4.78 is 0. The highest BCUT2D eigenvalue weighted by Crippen LogP contribution is 2.36. The quantitative estimate of drug-likeness (QED) is 0.467. The third kappa shape index (κ3) is 1.61. The number of hydrogen-bond donors (Lipinski definition) is 2. The molecule has 108 valence electrons. The van der Waals surface area contributed by atoms with Gasteiger partial charge in [0.05, 0.1) is 11.0 Å². The zero-order valence-electron chi connectivity index (χ0n) is 12.8. The van der Waals surface area contributed by atoms with E-state index < -0.39 is 0 Å². The summed E-state index contributed by atoms with van der Waals surface area (Å²) in [4.78, 5) is 7.14. The van der Waals surface area contributed by atoms with Gasteiger partial charge in [0.25, 0.3) is 0 Å². The Morgan fingerprint density at radius 2 is 1.86 bits per heavy atom. The van der Waals surface area contributed by atoms with E-state index in [9.17, 15) is 0 Å². The number of fused-ring (bicyclic) bond motifs is 5. The molecule has 2 heterocycles. The first-order valence-electron chi connectivity index (χ1n) is 7.55. The molecule has 4 rings (SSSR count). The maximum Gasteiger partial charge on any atom is 0.0713 e. The molecule has 4 aromatic rings. The number of para-hydroxylation sites is 1. The van der Waals surface area contributed by atoms with E-state index >= 15 is 0 Å². The lowest BCUT2D eigenvalue weighted by Crippen LogP contribution is -1.79. The van der Waals surface area contributed by atoms with Gasteiger partial charge in [-0.2, -0.15) is 0 Å². The normalized spacial score (nSPS) is 12.1. The molecule has 2 N–H and O–H groups in total. The molecule has 0 aliphatic carbocycles. The Morgan fingerprint density at radius 3 is 2.64 bits per heavy atom. The van der Waals surface area contributed by atoms with E-state index in [0.717, 1.165) is 16.8 Å². The number of nitrogens with one attached hydrogen (secondary N) is 2. The number of hydrogen-bond acceptors (Lipinski definition) is 0. The van der Waals surface area contributed by atoms with E-state index in [1.165, 1.54) is 32.8 Å². The van der Waals surface area contributed by atoms with Crippen molar-refractivity contribution in [2.45, 2.75) is 13.8 Å². The number of allylic oxidation sites excluding steroid dienone is 1. The molecular formula is C20H18N2. The third-order valence-corrected chi connectivity index (χ3v) is 4.36. The van der Waals surface area contributed by atoms with Crippen LogP contribution in [0.4, 0.5) is 0 Å². The zero-order chi connectivity index (χ0) is 15.3. The van der Waals surface area contributed by atoms with Crippen LogP contribution in [0.1, 0.15) is 23.7 Å². The molecule has 0 unspecified atom stereocenters. The number of benzene rings is 2. The highest BCUT2D eigenvalue weighted by atomic mass is 14.8. The van der Waals surface area contributed by atoms with Crippen molar-refractivity contribution in [1.29, 1.82) is 0 Å². The van der Waals surface area contributed by atoms with E-state index in [4.69, 9.17) is 0 Å². The van der Waals surface area contributed by atoms with Crippen LogP contribution in [0.5, 0.6) is 0 Å². The zero-order valence-corrected chi connectivity index (χ0v) is 12.8. The van der Waals surface area contributed by atoms with E-state index in [0.29, 0.717) is 0 Å². The molecule has 2 nitrogen and oxygen atoms in total. The van der Waals surface area contributed by atoms with Gasteiger partial charge in [0.2, 0.25) is 0 Å². The molecule has 0 spiro atoms. The first-order valence-corrected chi connectivity index (χ1v) is 7.55. The topological polar surface area (TPSA) is 31.6 Å². The molecule has 2 heteroatoms. The predicted molar refractivity (Wildman–Crippen MR) is 97.2 cm³/mol. The van der Waals surface area contributed by atoms with Gasteiger partial charge in [-0.25, -0.2) is 0 Å². The Hall–Kier alpha value is -2.74. The average Bonchev–Trinajstić information content (AvgIpc) is 3.06. The Labute approximate surface area is 129 Å². The van der Waals surface area contributed by atoms with Crippen molar-refractivity contribution in [2.24, 2.45) is 0 Å². The molecule has 2 aromatic carbocycles. The van der Waals surface area contributed by atoms with Crippen molar-refractivity contribution in [2.75, 3.05) is 0 Å². The Morgan fingerprint density at radius 1 is 1.05 bits per heavy atom. The van der Waals surface area contributed by atoms with E-state index in [1.54, 1.807) is 0 Å². The van der Waals surface area contributed by atoms with Crippen LogP contribution in [0.15, 0.2) is 43.0 Å². The van der Waals surface area contributed by atoms with Gasteiger partial charge < -0.3 is 9.97 Å². The summed E-state index contributed by atoms with van der Waals surface area (Å²) in [5.74, 6) is 0. The molecule has 2 aromatic heterocycles. The molecule has 0 bridgehead atoms. The highest BCUT2D eigenvalue weighted by Gasteiger charge is 2.15. The van der Waals surface area contributed by atoms with Crippen LogP contribution in [0.2, 0.25) is 0 Å². The number of aromatic amines is 2. The molecule has 0 saturated heterocycles. The summed E-state index contributed by atoms with van der Waals surface area (Å²) in [7, 11) is 0. The lowest BCUT2D eigenvalue weighted by molar-refractivity contribution is 1.41. The Bertz CT molecular complexity index is 1060. The second-order valence-electron chi connectivity index (χ2n) is 5.69. The van der Waals surface area contributed by atoms with Crippen LogP contribution >= 0.6 is 0 Å². The average molecular weight is 286 g/mol. The van der Waals surface area contributed by atoms with Gasteiger partial charge in [0.15, 0.2) is 0 Å². The van der Waals surface area contributed by atoms with Crippen LogP contribution < -0.4 is 0 Å². The minimum absolute atomic E-state index is 1.11. The summed E-state index contributed by atoms with van der Waals surface area (Å²) in [6.45, 7) is 8.19.